The van der Waals surface area contributed by atoms with Gasteiger partial charge in [-0.15, -0.1) is 11.6 Å². The van der Waals surface area contributed by atoms with Crippen LogP contribution in [0.3, 0.4) is 0 Å². The second kappa shape index (κ2) is 3.05. The van der Waals surface area contributed by atoms with Gasteiger partial charge in [-0.25, -0.2) is 8.78 Å². The summed E-state index contributed by atoms with van der Waals surface area (Å²) in [5, 5.41) is 0. The van der Waals surface area contributed by atoms with Crippen LogP contribution in [-0.2, 0) is 4.67 Å². The highest BCUT2D eigenvalue weighted by Crippen LogP contribution is 2.21. The van der Waals surface area contributed by atoms with Gasteiger partial charge in [-0.3, -0.25) is 4.98 Å². The van der Waals surface area contributed by atoms with Crippen molar-refractivity contribution in [2.45, 2.75) is 4.67 Å². The number of nitrogens with zero attached hydrogens (tertiary/aromatic N) is 1. The Balaban J connectivity index is 3.19. The lowest BCUT2D eigenvalue weighted by Gasteiger charge is -2.15. The molecule has 0 unspecified atom stereocenters. The fourth-order valence-electron chi connectivity index (χ4n) is 0.852. The van der Waals surface area contributed by atoms with Gasteiger partial charge in [0, 0.05) is 10.7 Å². The monoisotopic (exact) mass is 187 g/mol. The molecule has 1 nitrogen and oxygen atoms in total. The Morgan fingerprint density at radius 1 is 1.42 bits per heavy atom. The van der Waals surface area contributed by atoms with E-state index in [2.05, 4.69) is 4.98 Å². The first kappa shape index (κ1) is 9.52. The van der Waals surface area contributed by atoms with Crippen LogP contribution in [0.5, 0.6) is 0 Å². The third-order valence-electron chi connectivity index (χ3n) is 1.37. The maximum atomic E-state index is 13.0. The maximum Gasteiger partial charge on any atom is 0.147 e. The van der Waals surface area contributed by atoms with Crippen LogP contribution in [0.4, 0.5) is 8.78 Å². The van der Waals surface area contributed by atoms with Gasteiger partial charge < -0.3 is 0 Å². The Bertz CT molecular complexity index is 300. The van der Waals surface area contributed by atoms with Gasteiger partial charge in [0.05, 0.1) is 11.9 Å². The van der Waals surface area contributed by atoms with Crippen LogP contribution < -0.4 is 0 Å². The molecule has 0 aromatic carbocycles. The van der Waals surface area contributed by atoms with Gasteiger partial charge in [-0.2, -0.15) is 0 Å². The zero-order valence-corrected chi connectivity index (χ0v) is 7.49. The Labute approximate surface area is 76.0 Å². The Morgan fingerprint density at radius 3 is 2.42 bits per heavy atom. The van der Waals surface area contributed by atoms with Crippen LogP contribution in [0.2, 0.25) is 0 Å². The second-order valence-electron chi connectivity index (χ2n) is 2.96. The van der Waals surface area contributed by atoms with Crippen LogP contribution in [0.15, 0.2) is 12.3 Å². The van der Waals surface area contributed by atoms with Gasteiger partial charge in [-0.1, -0.05) is 0 Å². The summed E-state index contributed by atoms with van der Waals surface area (Å²) in [5.74, 6) is -1.41. The molecule has 62 valence electrons. The minimum absolute atomic E-state index is 0.0607. The molecule has 12 heavy (non-hydrogen) atoms. The molecule has 0 N–H and O–H groups in total. The molecule has 1 heterocycles. The molecule has 0 atom stereocenters. The van der Waals surface area contributed by atoms with Crippen molar-refractivity contribution in [2.24, 2.45) is 0 Å². The molecule has 1 rings (SSSR count). The number of hydrogen-bond acceptors (Lipinski definition) is 1. The number of rotatable bonds is 1. The quantitative estimate of drug-likeness (QED) is 0.444. The Hall–Kier alpha value is -0.570. The lowest BCUT2D eigenvalue weighted by Crippen LogP contribution is -2.22. The van der Waals surface area contributed by atoms with Crippen molar-refractivity contribution in [1.82, 2.24) is 4.98 Å². The van der Waals surface area contributed by atoms with E-state index >= 15 is 0 Å². The van der Waals surface area contributed by atoms with Crippen LogP contribution in [0.25, 0.3) is 0 Å². The fourth-order valence-corrected chi connectivity index (χ4v) is 0.991. The maximum absolute atomic E-state index is 13.0. The first-order valence-electron chi connectivity index (χ1n) is 3.41. The van der Waals surface area contributed by atoms with Crippen molar-refractivity contribution >= 4 is 27.3 Å². The SMILES string of the molecule is BC(B)(Cl)c1ncc(F)cc1F. The van der Waals surface area contributed by atoms with Crippen LogP contribution >= 0.6 is 11.6 Å². The Kier molecular flexibility index (Phi) is 2.42. The fraction of sp³-hybridized carbons (Fsp3) is 0.167. The smallest absolute Gasteiger partial charge is 0.147 e. The summed E-state index contributed by atoms with van der Waals surface area (Å²) in [6.45, 7) is 0. The van der Waals surface area contributed by atoms with E-state index in [9.17, 15) is 8.78 Å². The summed E-state index contributed by atoms with van der Waals surface area (Å²) in [6.07, 6.45) is 0.947. The number of hydrogen-bond donors (Lipinski definition) is 0. The predicted octanol–water partition coefficient (Wildman–Crippen LogP) is -0.0249. The van der Waals surface area contributed by atoms with E-state index in [0.29, 0.717) is 0 Å². The molecule has 0 spiro atoms. The highest BCUT2D eigenvalue weighted by molar-refractivity contribution is 6.61. The van der Waals surface area contributed by atoms with E-state index in [1.54, 1.807) is 15.7 Å². The molecule has 6 heteroatoms. The summed E-state index contributed by atoms with van der Waals surface area (Å²) in [5.41, 5.74) is 0.0607. The zero-order chi connectivity index (χ0) is 9.35. The summed E-state index contributed by atoms with van der Waals surface area (Å²) in [6, 6.07) is 0.770. The van der Waals surface area contributed by atoms with Crippen LogP contribution in [-0.4, -0.2) is 20.7 Å². The summed E-state index contributed by atoms with van der Waals surface area (Å²) in [7, 11) is 3.19. The molecule has 0 aliphatic heterocycles. The van der Waals surface area contributed by atoms with E-state index in [-0.39, 0.29) is 5.69 Å². The summed E-state index contributed by atoms with van der Waals surface area (Å²) < 4.78 is 24.4. The van der Waals surface area contributed by atoms with Gasteiger partial charge in [0.1, 0.15) is 27.3 Å². The van der Waals surface area contributed by atoms with Crippen LogP contribution in [0, 0.1) is 11.6 Å². The van der Waals surface area contributed by atoms with E-state index in [1.807, 2.05) is 0 Å². The third-order valence-corrected chi connectivity index (χ3v) is 1.55. The highest BCUT2D eigenvalue weighted by Gasteiger charge is 2.22. The topological polar surface area (TPSA) is 12.9 Å². The van der Waals surface area contributed by atoms with Gasteiger partial charge >= 0.3 is 0 Å². The molecule has 0 amide bonds. The molecule has 0 saturated carbocycles. The zero-order valence-electron chi connectivity index (χ0n) is 6.74. The molecule has 0 aliphatic rings. The molecule has 0 bridgehead atoms. The molecular weight excluding hydrogens is 181 g/mol. The molecule has 1 aromatic heterocycles. The van der Waals surface area contributed by atoms with Gasteiger partial charge in [0.25, 0.3) is 0 Å². The molecule has 0 radical (unpaired) electrons. The number of halogens is 3. The predicted molar refractivity (Wildman–Crippen MR) is 48.8 cm³/mol. The normalized spacial score (nSPS) is 11.6. The van der Waals surface area contributed by atoms with Gasteiger partial charge in [0.15, 0.2) is 0 Å². The van der Waals surface area contributed by atoms with E-state index < -0.39 is 16.3 Å². The number of pyridine rings is 1. The lowest BCUT2D eigenvalue weighted by atomic mass is 9.67. The van der Waals surface area contributed by atoms with Crippen LogP contribution in [0.1, 0.15) is 5.69 Å². The molecule has 0 saturated heterocycles. The molecular formula is C6H6B2ClF2N. The lowest BCUT2D eigenvalue weighted by molar-refractivity contribution is 0.560. The van der Waals surface area contributed by atoms with E-state index in [1.165, 1.54) is 0 Å². The number of aromatic nitrogens is 1. The minimum Gasteiger partial charge on any atom is -0.255 e. The summed E-state index contributed by atoms with van der Waals surface area (Å²) >= 11 is 5.79. The van der Waals surface area contributed by atoms with E-state index in [0.717, 1.165) is 12.3 Å². The Morgan fingerprint density at radius 2 is 2.00 bits per heavy atom. The summed E-state index contributed by atoms with van der Waals surface area (Å²) in [4.78, 5) is 3.57. The standard InChI is InChI=1S/C6H6B2ClF2N/c7-6(8,9)5-4(11)1-3(10)2-12-5/h1-2H,7-8H2. The van der Waals surface area contributed by atoms with E-state index in [4.69, 9.17) is 11.6 Å². The average Bonchev–Trinajstić information content (AvgIpc) is 1.83. The second-order valence-corrected chi connectivity index (χ2v) is 3.90. The molecule has 0 fully saturated rings. The van der Waals surface area contributed by atoms with Gasteiger partial charge in [-0.05, 0) is 0 Å². The molecule has 0 aliphatic carbocycles. The largest absolute Gasteiger partial charge is 0.255 e. The van der Waals surface area contributed by atoms with Crippen molar-refractivity contribution in [3.05, 3.63) is 29.6 Å². The van der Waals surface area contributed by atoms with Gasteiger partial charge in [0.2, 0.25) is 0 Å². The third kappa shape index (κ3) is 1.97. The highest BCUT2D eigenvalue weighted by atomic mass is 35.5. The van der Waals surface area contributed by atoms with Crippen molar-refractivity contribution < 1.29 is 8.78 Å². The first-order valence-corrected chi connectivity index (χ1v) is 3.79. The number of alkyl halides is 1. The van der Waals surface area contributed by atoms with Crippen molar-refractivity contribution in [3.63, 3.8) is 0 Å². The average molecular weight is 187 g/mol. The molecule has 1 aromatic rings. The van der Waals surface area contributed by atoms with Crippen molar-refractivity contribution in [2.75, 3.05) is 0 Å². The first-order chi connectivity index (χ1) is 5.41. The van der Waals surface area contributed by atoms with Crippen molar-refractivity contribution in [3.8, 4) is 0 Å². The van der Waals surface area contributed by atoms with Crippen molar-refractivity contribution in [1.29, 1.82) is 0 Å². The minimum atomic E-state index is -0.905.